The number of hydrogen-bond donors (Lipinski definition) is 2. The third-order valence-electron chi connectivity index (χ3n) is 3.47. The van der Waals surface area contributed by atoms with Crippen LogP contribution in [0.2, 0.25) is 0 Å². The molecule has 0 aromatic carbocycles. The summed E-state index contributed by atoms with van der Waals surface area (Å²) >= 11 is 13.5. The highest BCUT2D eigenvalue weighted by Crippen LogP contribution is 2.47. The Labute approximate surface area is 158 Å². The second-order valence-electron chi connectivity index (χ2n) is 7.15. The van der Waals surface area contributed by atoms with E-state index in [0.717, 1.165) is 4.57 Å². The zero-order chi connectivity index (χ0) is 20.0. The quantitative estimate of drug-likeness (QED) is 0.324. The SMILES string of the molecule is CC(C)(C)Cn1c(S)c(S)n(CCC(F)(F)C(F)(F)C(C)(F)F)c1=S. The lowest BCUT2D eigenvalue weighted by molar-refractivity contribution is -0.304. The molecule has 0 radical (unpaired) electrons. The molecule has 1 aromatic rings. The Balaban J connectivity index is 3.14. The van der Waals surface area contributed by atoms with Gasteiger partial charge in [-0.25, -0.2) is 0 Å². The van der Waals surface area contributed by atoms with Crippen molar-refractivity contribution in [3.05, 3.63) is 4.77 Å². The third kappa shape index (κ3) is 4.71. The van der Waals surface area contributed by atoms with Gasteiger partial charge in [0.15, 0.2) is 4.77 Å². The summed E-state index contributed by atoms with van der Waals surface area (Å²) in [4.78, 5) is 0. The molecule has 1 rings (SSSR count). The van der Waals surface area contributed by atoms with Gasteiger partial charge in [-0.3, -0.25) is 0 Å². The van der Waals surface area contributed by atoms with Crippen molar-refractivity contribution >= 4 is 37.5 Å². The molecule has 0 aliphatic heterocycles. The molecule has 1 heterocycles. The molecule has 11 heteroatoms. The van der Waals surface area contributed by atoms with Crippen molar-refractivity contribution < 1.29 is 26.3 Å². The van der Waals surface area contributed by atoms with Crippen molar-refractivity contribution in [1.82, 2.24) is 9.13 Å². The first-order chi connectivity index (χ1) is 10.9. The molecule has 25 heavy (non-hydrogen) atoms. The van der Waals surface area contributed by atoms with Gasteiger partial charge in [-0.2, -0.15) is 26.3 Å². The van der Waals surface area contributed by atoms with Gasteiger partial charge in [-0.1, -0.05) is 20.8 Å². The number of hydrogen-bond acceptors (Lipinski definition) is 3. The average Bonchev–Trinajstić information content (AvgIpc) is 2.58. The molecular weight excluding hydrogens is 406 g/mol. The number of nitrogens with zero attached hydrogens (tertiary/aromatic N) is 2. The molecule has 0 fully saturated rings. The molecule has 0 atom stereocenters. The smallest absolute Gasteiger partial charge is 0.311 e. The van der Waals surface area contributed by atoms with E-state index >= 15 is 0 Å². The Morgan fingerprint density at radius 3 is 1.72 bits per heavy atom. The molecule has 0 saturated heterocycles. The van der Waals surface area contributed by atoms with E-state index in [-0.39, 0.29) is 22.1 Å². The molecule has 0 amide bonds. The summed E-state index contributed by atoms with van der Waals surface area (Å²) in [6, 6.07) is 0. The summed E-state index contributed by atoms with van der Waals surface area (Å²) in [5.74, 6) is -15.2. The summed E-state index contributed by atoms with van der Waals surface area (Å²) in [6.45, 7) is 5.20. The molecule has 2 nitrogen and oxygen atoms in total. The van der Waals surface area contributed by atoms with Gasteiger partial charge in [0, 0.05) is 26.4 Å². The van der Waals surface area contributed by atoms with Crippen LogP contribution in [0.4, 0.5) is 26.3 Å². The minimum absolute atomic E-state index is 0.0623. The van der Waals surface area contributed by atoms with Crippen LogP contribution >= 0.6 is 37.5 Å². The first-order valence-electron chi connectivity index (χ1n) is 7.27. The lowest BCUT2D eigenvalue weighted by atomic mass is 9.97. The van der Waals surface area contributed by atoms with Gasteiger partial charge in [-0.05, 0) is 17.6 Å². The van der Waals surface area contributed by atoms with Gasteiger partial charge >= 0.3 is 17.8 Å². The van der Waals surface area contributed by atoms with Gasteiger partial charge in [0.2, 0.25) is 0 Å². The Morgan fingerprint density at radius 2 is 1.32 bits per heavy atom. The van der Waals surface area contributed by atoms with Gasteiger partial charge in [0.1, 0.15) is 10.1 Å². The van der Waals surface area contributed by atoms with Crippen LogP contribution in [0.15, 0.2) is 10.1 Å². The highest BCUT2D eigenvalue weighted by atomic mass is 32.1. The van der Waals surface area contributed by atoms with Crippen LogP contribution in [-0.4, -0.2) is 26.9 Å². The first kappa shape index (κ1) is 22.8. The second-order valence-corrected chi connectivity index (χ2v) is 8.36. The van der Waals surface area contributed by atoms with Crippen molar-refractivity contribution in [1.29, 1.82) is 0 Å². The minimum Gasteiger partial charge on any atom is -0.311 e. The maximum atomic E-state index is 13.7. The summed E-state index contributed by atoms with van der Waals surface area (Å²) in [5.41, 5.74) is -0.219. The number of rotatable bonds is 6. The molecule has 1 aromatic heterocycles. The van der Waals surface area contributed by atoms with Gasteiger partial charge in [0.05, 0.1) is 0 Å². The summed E-state index contributed by atoms with van der Waals surface area (Å²) < 4.78 is 82.5. The molecule has 0 saturated carbocycles. The minimum atomic E-state index is -5.48. The van der Waals surface area contributed by atoms with Crippen molar-refractivity contribution in [2.75, 3.05) is 0 Å². The highest BCUT2D eigenvalue weighted by molar-refractivity contribution is 7.83. The summed E-state index contributed by atoms with van der Waals surface area (Å²) in [5, 5.41) is 0.402. The fourth-order valence-corrected chi connectivity index (χ4v) is 3.19. The monoisotopic (exact) mass is 426 g/mol. The number of aromatic nitrogens is 2. The van der Waals surface area contributed by atoms with E-state index in [1.54, 1.807) is 0 Å². The fraction of sp³-hybridized carbons (Fsp3) is 0.786. The highest BCUT2D eigenvalue weighted by Gasteiger charge is 2.68. The van der Waals surface area contributed by atoms with E-state index in [2.05, 4.69) is 25.3 Å². The van der Waals surface area contributed by atoms with Crippen LogP contribution in [-0.2, 0) is 13.1 Å². The lowest BCUT2D eigenvalue weighted by Gasteiger charge is -2.30. The molecular formula is C14H20F6N2S3. The van der Waals surface area contributed by atoms with Crippen molar-refractivity contribution in [3.8, 4) is 0 Å². The maximum Gasteiger partial charge on any atom is 0.371 e. The van der Waals surface area contributed by atoms with Gasteiger partial charge < -0.3 is 9.13 Å². The van der Waals surface area contributed by atoms with Gasteiger partial charge in [-0.15, -0.1) is 25.3 Å². The molecule has 0 aliphatic carbocycles. The molecule has 0 bridgehead atoms. The standard InChI is InChI=1S/C14H20F6N2S3/c1-11(2,3)7-22-9(24)8(23)21(10(22)25)6-5-13(17,18)14(19,20)12(4,15)16/h23-24H,5-7H2,1-4H3. The number of imidazole rings is 1. The van der Waals surface area contributed by atoms with E-state index < -0.39 is 30.7 Å². The van der Waals surface area contributed by atoms with E-state index in [4.69, 9.17) is 12.2 Å². The summed E-state index contributed by atoms with van der Waals surface area (Å²) in [7, 11) is 0. The third-order valence-corrected chi connectivity index (χ3v) is 4.99. The topological polar surface area (TPSA) is 9.86 Å². The normalized spacial score (nSPS) is 14.2. The number of halogens is 6. The Hall–Kier alpha value is -0.290. The van der Waals surface area contributed by atoms with Crippen LogP contribution in [0.25, 0.3) is 0 Å². The molecule has 0 unspecified atom stereocenters. The van der Waals surface area contributed by atoms with Crippen molar-refractivity contribution in [3.63, 3.8) is 0 Å². The van der Waals surface area contributed by atoms with Crippen molar-refractivity contribution in [2.45, 2.75) is 75.0 Å². The number of thiol groups is 2. The van der Waals surface area contributed by atoms with Crippen LogP contribution in [0.1, 0.15) is 34.1 Å². The molecule has 0 N–H and O–H groups in total. The van der Waals surface area contributed by atoms with Crippen LogP contribution in [0.3, 0.4) is 0 Å². The van der Waals surface area contributed by atoms with E-state index in [9.17, 15) is 26.3 Å². The maximum absolute atomic E-state index is 13.7. The predicted molar refractivity (Wildman–Crippen MR) is 92.3 cm³/mol. The Morgan fingerprint density at radius 1 is 0.880 bits per heavy atom. The van der Waals surface area contributed by atoms with E-state index in [1.165, 1.54) is 4.57 Å². The number of alkyl halides is 6. The van der Waals surface area contributed by atoms with E-state index in [1.807, 2.05) is 20.8 Å². The van der Waals surface area contributed by atoms with Crippen LogP contribution < -0.4 is 0 Å². The second kappa shape index (κ2) is 7.03. The Kier molecular flexibility index (Phi) is 6.40. The fourth-order valence-electron chi connectivity index (χ4n) is 2.12. The molecule has 0 spiro atoms. The average molecular weight is 427 g/mol. The lowest BCUT2D eigenvalue weighted by Crippen LogP contribution is -2.52. The molecule has 146 valence electrons. The first-order valence-corrected chi connectivity index (χ1v) is 8.57. The van der Waals surface area contributed by atoms with Crippen LogP contribution in [0.5, 0.6) is 0 Å². The molecule has 0 aliphatic rings. The van der Waals surface area contributed by atoms with Crippen molar-refractivity contribution in [2.24, 2.45) is 5.41 Å². The Bertz CT molecular complexity index is 682. The zero-order valence-electron chi connectivity index (χ0n) is 14.1. The van der Waals surface area contributed by atoms with Crippen LogP contribution in [0, 0.1) is 10.2 Å². The summed E-state index contributed by atoms with van der Waals surface area (Å²) in [6.07, 6.45) is -1.52. The van der Waals surface area contributed by atoms with Gasteiger partial charge in [0.25, 0.3) is 0 Å². The predicted octanol–water partition coefficient (Wildman–Crippen LogP) is 5.96. The zero-order valence-corrected chi connectivity index (χ0v) is 16.7. The largest absolute Gasteiger partial charge is 0.371 e. The van der Waals surface area contributed by atoms with E-state index in [0.29, 0.717) is 11.6 Å².